The molecule has 0 fully saturated rings. The Kier molecular flexibility index (Phi) is 1.87. The van der Waals surface area contributed by atoms with Gasteiger partial charge in [-0.15, -0.1) is 16.4 Å². The molecule has 1 aromatic carbocycles. The highest BCUT2D eigenvalue weighted by Crippen LogP contribution is 2.24. The van der Waals surface area contributed by atoms with Gasteiger partial charge in [0.15, 0.2) is 5.82 Å². The van der Waals surface area contributed by atoms with Crippen LogP contribution >= 0.6 is 11.3 Å². The van der Waals surface area contributed by atoms with Crippen LogP contribution in [0.5, 0.6) is 0 Å². The van der Waals surface area contributed by atoms with Crippen molar-refractivity contribution in [1.82, 2.24) is 19.2 Å². The van der Waals surface area contributed by atoms with E-state index in [4.69, 9.17) is 0 Å². The maximum absolute atomic E-state index is 4.62. The van der Waals surface area contributed by atoms with Crippen LogP contribution in [-0.2, 0) is 7.05 Å². The largest absolute Gasteiger partial charge is 0.311 e. The number of hydrogen-bond donors (Lipinski definition) is 0. The molecule has 4 nitrogen and oxygen atoms in total. The van der Waals surface area contributed by atoms with Crippen LogP contribution in [0.15, 0.2) is 41.8 Å². The summed E-state index contributed by atoms with van der Waals surface area (Å²) in [6, 6.07) is 12.3. The van der Waals surface area contributed by atoms with E-state index in [0.717, 1.165) is 27.5 Å². The third kappa shape index (κ3) is 1.19. The van der Waals surface area contributed by atoms with Gasteiger partial charge in [-0.2, -0.15) is 9.50 Å². The fraction of sp³-hybridized carbons (Fsp3) is 0.0769. The standard InChI is InChI=1S/C13H10N4S/c1-16-9-5-2-3-6-10(9)17-13(16)14-12(15-17)11-7-4-8-18-11/h2-8H,1H3. The van der Waals surface area contributed by atoms with E-state index in [0.29, 0.717) is 0 Å². The van der Waals surface area contributed by atoms with Crippen LogP contribution in [0.2, 0.25) is 0 Å². The third-order valence-electron chi connectivity index (χ3n) is 3.10. The molecule has 0 saturated heterocycles. The number of fused-ring (bicyclic) bond motifs is 3. The van der Waals surface area contributed by atoms with Gasteiger partial charge < -0.3 is 4.57 Å². The lowest BCUT2D eigenvalue weighted by Gasteiger charge is -1.93. The molecular formula is C13H10N4S. The van der Waals surface area contributed by atoms with E-state index < -0.39 is 0 Å². The summed E-state index contributed by atoms with van der Waals surface area (Å²) in [5, 5.41) is 6.64. The lowest BCUT2D eigenvalue weighted by molar-refractivity contribution is 0.942. The summed E-state index contributed by atoms with van der Waals surface area (Å²) < 4.78 is 3.98. The Morgan fingerprint density at radius 1 is 1.06 bits per heavy atom. The number of aromatic nitrogens is 4. The zero-order valence-electron chi connectivity index (χ0n) is 9.74. The molecule has 0 aliphatic carbocycles. The van der Waals surface area contributed by atoms with E-state index in [2.05, 4.69) is 26.8 Å². The van der Waals surface area contributed by atoms with Crippen molar-refractivity contribution in [2.75, 3.05) is 0 Å². The first-order valence-electron chi connectivity index (χ1n) is 5.68. The summed E-state index contributed by atoms with van der Waals surface area (Å²) in [5.74, 6) is 1.67. The van der Waals surface area contributed by atoms with Gasteiger partial charge in [0.25, 0.3) is 0 Å². The molecule has 0 amide bonds. The number of nitrogens with zero attached hydrogens (tertiary/aromatic N) is 4. The molecule has 0 aliphatic heterocycles. The summed E-state index contributed by atoms with van der Waals surface area (Å²) >= 11 is 1.66. The molecule has 0 atom stereocenters. The topological polar surface area (TPSA) is 35.1 Å². The highest BCUT2D eigenvalue weighted by molar-refractivity contribution is 7.13. The first-order valence-corrected chi connectivity index (χ1v) is 6.56. The van der Waals surface area contributed by atoms with Crippen molar-refractivity contribution in [3.05, 3.63) is 41.8 Å². The lowest BCUT2D eigenvalue weighted by Crippen LogP contribution is -1.88. The molecule has 0 spiro atoms. The highest BCUT2D eigenvalue weighted by Gasteiger charge is 2.13. The number of rotatable bonds is 1. The van der Waals surface area contributed by atoms with Crippen molar-refractivity contribution in [3.8, 4) is 10.7 Å². The molecule has 5 heteroatoms. The highest BCUT2D eigenvalue weighted by atomic mass is 32.1. The molecule has 18 heavy (non-hydrogen) atoms. The van der Waals surface area contributed by atoms with Crippen LogP contribution < -0.4 is 0 Å². The fourth-order valence-electron chi connectivity index (χ4n) is 2.23. The predicted octanol–water partition coefficient (Wildman–Crippen LogP) is 2.95. The molecule has 4 aromatic rings. The van der Waals surface area contributed by atoms with E-state index >= 15 is 0 Å². The van der Waals surface area contributed by atoms with Crippen molar-refractivity contribution in [3.63, 3.8) is 0 Å². The Morgan fingerprint density at radius 2 is 1.89 bits per heavy atom. The van der Waals surface area contributed by atoms with Crippen molar-refractivity contribution in [2.45, 2.75) is 0 Å². The molecule has 0 saturated carbocycles. The SMILES string of the molecule is Cn1c2ccccc2n2nc(-c3cccs3)nc12. The summed E-state index contributed by atoms with van der Waals surface area (Å²) in [6.07, 6.45) is 0. The molecule has 0 N–H and O–H groups in total. The molecule has 0 bridgehead atoms. The Balaban J connectivity index is 2.10. The van der Waals surface area contributed by atoms with Crippen LogP contribution in [0.1, 0.15) is 0 Å². The van der Waals surface area contributed by atoms with Crippen molar-refractivity contribution < 1.29 is 0 Å². The zero-order chi connectivity index (χ0) is 12.1. The molecule has 88 valence electrons. The van der Waals surface area contributed by atoms with Gasteiger partial charge in [0, 0.05) is 7.05 Å². The molecule has 4 rings (SSSR count). The van der Waals surface area contributed by atoms with Gasteiger partial charge in [-0.3, -0.25) is 0 Å². The molecule has 0 unspecified atom stereocenters. The van der Waals surface area contributed by atoms with Gasteiger partial charge in [0.1, 0.15) is 0 Å². The van der Waals surface area contributed by atoms with Crippen LogP contribution in [0, 0.1) is 0 Å². The van der Waals surface area contributed by atoms with E-state index in [1.807, 2.05) is 41.2 Å². The number of imidazole rings is 1. The van der Waals surface area contributed by atoms with Crippen molar-refractivity contribution >= 4 is 28.1 Å². The predicted molar refractivity (Wildman–Crippen MR) is 72.8 cm³/mol. The minimum absolute atomic E-state index is 0.793. The van der Waals surface area contributed by atoms with Crippen LogP contribution in [0.25, 0.3) is 27.5 Å². The van der Waals surface area contributed by atoms with E-state index in [1.54, 1.807) is 11.3 Å². The first kappa shape index (κ1) is 9.85. The van der Waals surface area contributed by atoms with Crippen LogP contribution in [0.3, 0.4) is 0 Å². The number of hydrogen-bond acceptors (Lipinski definition) is 3. The molecule has 0 aliphatic rings. The van der Waals surface area contributed by atoms with Gasteiger partial charge in [0.05, 0.1) is 15.9 Å². The van der Waals surface area contributed by atoms with E-state index in [1.165, 1.54) is 0 Å². The average Bonchev–Trinajstić information content (AvgIpc) is 3.09. The average molecular weight is 254 g/mol. The number of benzene rings is 1. The molecular weight excluding hydrogens is 244 g/mol. The Hall–Kier alpha value is -2.14. The monoisotopic (exact) mass is 254 g/mol. The maximum atomic E-state index is 4.62. The van der Waals surface area contributed by atoms with Gasteiger partial charge in [-0.1, -0.05) is 18.2 Å². The van der Waals surface area contributed by atoms with E-state index in [-0.39, 0.29) is 0 Å². The first-order chi connectivity index (χ1) is 8.84. The second-order valence-corrected chi connectivity index (χ2v) is 5.12. The summed E-state index contributed by atoms with van der Waals surface area (Å²) in [7, 11) is 2.02. The van der Waals surface area contributed by atoms with Gasteiger partial charge in [-0.05, 0) is 23.6 Å². The number of thiophene rings is 1. The molecule has 3 heterocycles. The quantitative estimate of drug-likeness (QED) is 0.523. The summed E-state index contributed by atoms with van der Waals surface area (Å²) in [5.41, 5.74) is 2.23. The number of para-hydroxylation sites is 2. The van der Waals surface area contributed by atoms with E-state index in [9.17, 15) is 0 Å². The lowest BCUT2D eigenvalue weighted by atomic mass is 10.3. The van der Waals surface area contributed by atoms with Crippen LogP contribution in [0.4, 0.5) is 0 Å². The third-order valence-corrected chi connectivity index (χ3v) is 3.97. The number of aryl methyl sites for hydroxylation is 1. The van der Waals surface area contributed by atoms with Crippen molar-refractivity contribution in [1.29, 1.82) is 0 Å². The minimum Gasteiger partial charge on any atom is -0.311 e. The second-order valence-electron chi connectivity index (χ2n) is 4.17. The zero-order valence-corrected chi connectivity index (χ0v) is 10.6. The summed E-state index contributed by atoms with van der Waals surface area (Å²) in [6.45, 7) is 0. The Labute approximate surface area is 107 Å². The molecule has 0 radical (unpaired) electrons. The minimum atomic E-state index is 0.793. The second kappa shape index (κ2) is 3.43. The van der Waals surface area contributed by atoms with Gasteiger partial charge in [-0.25, -0.2) is 0 Å². The van der Waals surface area contributed by atoms with Gasteiger partial charge >= 0.3 is 0 Å². The normalized spacial score (nSPS) is 11.6. The Bertz CT molecular complexity index is 839. The molecule has 3 aromatic heterocycles. The summed E-state index contributed by atoms with van der Waals surface area (Å²) in [4.78, 5) is 5.72. The smallest absolute Gasteiger partial charge is 0.233 e. The Morgan fingerprint density at radius 3 is 2.67 bits per heavy atom. The van der Waals surface area contributed by atoms with Gasteiger partial charge in [0.2, 0.25) is 5.78 Å². The van der Waals surface area contributed by atoms with Crippen LogP contribution in [-0.4, -0.2) is 19.2 Å². The maximum Gasteiger partial charge on any atom is 0.233 e. The van der Waals surface area contributed by atoms with Crippen molar-refractivity contribution in [2.24, 2.45) is 7.05 Å². The fourth-order valence-corrected chi connectivity index (χ4v) is 2.88.